The molecule has 112 valence electrons. The Labute approximate surface area is 116 Å². The third kappa shape index (κ3) is 4.70. The number of aliphatic hydroxyl groups is 1. The molecule has 0 aromatic heterocycles. The van der Waals surface area contributed by atoms with Gasteiger partial charge in [0.2, 0.25) is 10.0 Å². The van der Waals surface area contributed by atoms with E-state index in [0.717, 1.165) is 45.2 Å². The molecular weight excluding hydrogens is 264 g/mol. The van der Waals surface area contributed by atoms with Crippen LogP contribution < -0.4 is 4.72 Å². The van der Waals surface area contributed by atoms with Crippen LogP contribution in [0.3, 0.4) is 0 Å². The minimum Gasteiger partial charge on any atom is -0.390 e. The molecule has 19 heavy (non-hydrogen) atoms. The smallest absolute Gasteiger partial charge is 0.214 e. The van der Waals surface area contributed by atoms with Gasteiger partial charge in [-0.15, -0.1) is 0 Å². The van der Waals surface area contributed by atoms with E-state index in [1.54, 1.807) is 0 Å². The molecule has 0 aromatic carbocycles. The number of hydrogen-bond acceptors (Lipinski definition) is 4. The molecule has 1 saturated carbocycles. The van der Waals surface area contributed by atoms with Gasteiger partial charge in [-0.05, 0) is 38.8 Å². The number of likely N-dealkylation sites (tertiary alicyclic amines) is 1. The number of nitrogens with one attached hydrogen (secondary N) is 1. The van der Waals surface area contributed by atoms with Crippen molar-refractivity contribution < 1.29 is 13.5 Å². The van der Waals surface area contributed by atoms with E-state index in [2.05, 4.69) is 9.62 Å². The zero-order valence-corrected chi connectivity index (χ0v) is 12.4. The Morgan fingerprint density at radius 1 is 1.11 bits per heavy atom. The van der Waals surface area contributed by atoms with Gasteiger partial charge in [-0.25, -0.2) is 13.1 Å². The fourth-order valence-corrected chi connectivity index (χ4v) is 4.65. The van der Waals surface area contributed by atoms with Crippen LogP contribution in [0.2, 0.25) is 0 Å². The Balaban J connectivity index is 1.73. The molecular formula is C13H26N2O3S. The molecule has 5 nitrogen and oxygen atoms in total. The average molecular weight is 290 g/mol. The molecule has 1 atom stereocenters. The van der Waals surface area contributed by atoms with E-state index in [-0.39, 0.29) is 11.8 Å². The van der Waals surface area contributed by atoms with Crippen LogP contribution in [0.25, 0.3) is 0 Å². The number of rotatable bonds is 6. The highest BCUT2D eigenvalue weighted by Crippen LogP contribution is 2.22. The Bertz CT molecular complexity index is 360. The predicted molar refractivity (Wildman–Crippen MR) is 75.5 cm³/mol. The molecule has 1 heterocycles. The second-order valence-electron chi connectivity index (χ2n) is 5.82. The third-order valence-corrected chi connectivity index (χ3v) is 6.10. The van der Waals surface area contributed by atoms with Crippen molar-refractivity contribution in [2.45, 2.75) is 56.3 Å². The summed E-state index contributed by atoms with van der Waals surface area (Å²) in [5.74, 6) is 0. The summed E-state index contributed by atoms with van der Waals surface area (Å²) >= 11 is 0. The van der Waals surface area contributed by atoms with Crippen molar-refractivity contribution in [3.8, 4) is 0 Å². The monoisotopic (exact) mass is 290 g/mol. The van der Waals surface area contributed by atoms with Crippen molar-refractivity contribution >= 4 is 10.0 Å². The van der Waals surface area contributed by atoms with Crippen LogP contribution in [-0.4, -0.2) is 56.0 Å². The third-order valence-electron chi connectivity index (χ3n) is 4.18. The molecule has 2 aliphatic rings. The Hall–Kier alpha value is -0.170. The van der Waals surface area contributed by atoms with E-state index in [1.807, 2.05) is 0 Å². The molecule has 0 spiro atoms. The van der Waals surface area contributed by atoms with Gasteiger partial charge in [0, 0.05) is 13.1 Å². The van der Waals surface area contributed by atoms with Crippen molar-refractivity contribution in [2.75, 3.05) is 26.2 Å². The van der Waals surface area contributed by atoms with E-state index in [0.29, 0.717) is 6.54 Å². The van der Waals surface area contributed by atoms with Crippen molar-refractivity contribution in [3.05, 3.63) is 0 Å². The zero-order chi connectivity index (χ0) is 13.7. The van der Waals surface area contributed by atoms with E-state index in [4.69, 9.17) is 0 Å². The molecule has 1 saturated heterocycles. The topological polar surface area (TPSA) is 69.6 Å². The summed E-state index contributed by atoms with van der Waals surface area (Å²) in [5.41, 5.74) is 0. The van der Waals surface area contributed by atoms with E-state index >= 15 is 0 Å². The number of hydrogen-bond donors (Lipinski definition) is 2. The summed E-state index contributed by atoms with van der Waals surface area (Å²) in [6, 6.07) is 0. The van der Waals surface area contributed by atoms with Crippen LogP contribution in [-0.2, 0) is 10.0 Å². The van der Waals surface area contributed by atoms with Crippen LogP contribution >= 0.6 is 0 Å². The summed E-state index contributed by atoms with van der Waals surface area (Å²) in [7, 11) is -3.24. The lowest BCUT2D eigenvalue weighted by Crippen LogP contribution is -2.42. The molecule has 0 radical (unpaired) electrons. The van der Waals surface area contributed by atoms with Crippen molar-refractivity contribution in [1.29, 1.82) is 0 Å². The predicted octanol–water partition coefficient (Wildman–Crippen LogP) is 0.695. The molecule has 0 unspecified atom stereocenters. The maximum atomic E-state index is 12.1. The minimum atomic E-state index is -3.24. The van der Waals surface area contributed by atoms with Gasteiger partial charge in [0.05, 0.1) is 11.4 Å². The lowest BCUT2D eigenvalue weighted by molar-refractivity contribution is 0.128. The summed E-state index contributed by atoms with van der Waals surface area (Å²) in [6.45, 7) is 2.77. The van der Waals surface area contributed by atoms with Crippen LogP contribution in [0, 0.1) is 0 Å². The molecule has 2 fully saturated rings. The molecule has 0 aromatic rings. The molecule has 2 N–H and O–H groups in total. The highest BCUT2D eigenvalue weighted by molar-refractivity contribution is 7.90. The molecule has 1 aliphatic heterocycles. The van der Waals surface area contributed by atoms with Crippen molar-refractivity contribution in [2.24, 2.45) is 0 Å². The Kier molecular flexibility index (Phi) is 5.62. The maximum Gasteiger partial charge on any atom is 0.214 e. The molecule has 2 rings (SSSR count). The largest absolute Gasteiger partial charge is 0.390 e. The van der Waals surface area contributed by atoms with E-state index in [9.17, 15) is 13.5 Å². The number of aliphatic hydroxyl groups excluding tert-OH is 1. The van der Waals surface area contributed by atoms with E-state index in [1.165, 1.54) is 12.8 Å². The summed E-state index contributed by atoms with van der Waals surface area (Å²) < 4.78 is 26.8. The van der Waals surface area contributed by atoms with Crippen molar-refractivity contribution in [3.63, 3.8) is 0 Å². The minimum absolute atomic E-state index is 0.148. The van der Waals surface area contributed by atoms with E-state index < -0.39 is 16.1 Å². The fraction of sp³-hybridized carbons (Fsp3) is 1.00. The average Bonchev–Trinajstić information content (AvgIpc) is 2.90. The zero-order valence-electron chi connectivity index (χ0n) is 11.6. The molecule has 1 aliphatic carbocycles. The Morgan fingerprint density at radius 3 is 2.37 bits per heavy atom. The SMILES string of the molecule is O=S(=O)(NC[C@H](O)CN1CCCC1)C1CCCCC1. The van der Waals surface area contributed by atoms with Gasteiger partial charge in [-0.3, -0.25) is 0 Å². The standard InChI is InChI=1S/C13H26N2O3S/c16-12(11-15-8-4-5-9-15)10-14-19(17,18)13-6-2-1-3-7-13/h12-14,16H,1-11H2/t12-/m0/s1. The Morgan fingerprint density at radius 2 is 1.74 bits per heavy atom. The lowest BCUT2D eigenvalue weighted by atomic mass is 10.0. The van der Waals surface area contributed by atoms with Gasteiger partial charge in [0.25, 0.3) is 0 Å². The first-order valence-corrected chi connectivity index (χ1v) is 9.01. The first kappa shape index (κ1) is 15.2. The lowest BCUT2D eigenvalue weighted by Gasteiger charge is -2.24. The van der Waals surface area contributed by atoms with Gasteiger partial charge >= 0.3 is 0 Å². The summed E-state index contributed by atoms with van der Waals surface area (Å²) in [6.07, 6.45) is 6.43. The molecule has 6 heteroatoms. The van der Waals surface area contributed by atoms with Crippen LogP contribution in [0.5, 0.6) is 0 Å². The quantitative estimate of drug-likeness (QED) is 0.755. The maximum absolute atomic E-state index is 12.1. The summed E-state index contributed by atoms with van der Waals surface area (Å²) in [4.78, 5) is 2.19. The second kappa shape index (κ2) is 7.02. The molecule has 0 amide bonds. The van der Waals surface area contributed by atoms with Gasteiger partial charge in [0.1, 0.15) is 0 Å². The van der Waals surface area contributed by atoms with Gasteiger partial charge in [-0.1, -0.05) is 19.3 Å². The fourth-order valence-electron chi connectivity index (χ4n) is 3.03. The van der Waals surface area contributed by atoms with Crippen molar-refractivity contribution in [1.82, 2.24) is 9.62 Å². The van der Waals surface area contributed by atoms with Crippen LogP contribution in [0.4, 0.5) is 0 Å². The normalized spacial score (nSPS) is 24.7. The highest BCUT2D eigenvalue weighted by atomic mass is 32.2. The van der Waals surface area contributed by atoms with Gasteiger partial charge in [-0.2, -0.15) is 0 Å². The van der Waals surface area contributed by atoms with Gasteiger partial charge in [0.15, 0.2) is 0 Å². The number of sulfonamides is 1. The number of β-amino-alcohol motifs (C(OH)–C–C–N with tert-alkyl or cyclic N) is 1. The number of nitrogens with zero attached hydrogens (tertiary/aromatic N) is 1. The first-order valence-electron chi connectivity index (χ1n) is 7.47. The highest BCUT2D eigenvalue weighted by Gasteiger charge is 2.27. The second-order valence-corrected chi connectivity index (χ2v) is 7.86. The first-order chi connectivity index (χ1) is 9.08. The summed E-state index contributed by atoms with van der Waals surface area (Å²) in [5, 5.41) is 9.65. The van der Waals surface area contributed by atoms with Gasteiger partial charge < -0.3 is 10.0 Å². The van der Waals surface area contributed by atoms with Crippen LogP contribution in [0.1, 0.15) is 44.9 Å². The molecule has 0 bridgehead atoms. The van der Waals surface area contributed by atoms with Crippen LogP contribution in [0.15, 0.2) is 0 Å².